The van der Waals surface area contributed by atoms with E-state index in [1.165, 1.54) is 30.4 Å². The van der Waals surface area contributed by atoms with Crippen LogP contribution in [0.1, 0.15) is 43.7 Å². The van der Waals surface area contributed by atoms with Crippen LogP contribution in [0.3, 0.4) is 0 Å². The third kappa shape index (κ3) is 6.46. The van der Waals surface area contributed by atoms with Gasteiger partial charge in [-0.15, -0.1) is 0 Å². The van der Waals surface area contributed by atoms with Crippen molar-refractivity contribution in [3.05, 3.63) is 71.8 Å². The molecule has 0 fully saturated rings. The molecule has 24 heavy (non-hydrogen) atoms. The normalized spacial score (nSPS) is 12.5. The number of hydrogen-bond donors (Lipinski definition) is 1. The Morgan fingerprint density at radius 1 is 0.875 bits per heavy atom. The van der Waals surface area contributed by atoms with Crippen molar-refractivity contribution < 1.29 is 5.11 Å². The Labute approximate surface area is 147 Å². The Hall–Kier alpha value is -1.64. The first-order valence-corrected chi connectivity index (χ1v) is 9.26. The van der Waals surface area contributed by atoms with Crippen molar-refractivity contribution in [2.45, 2.75) is 51.6 Å². The third-order valence-electron chi connectivity index (χ3n) is 4.63. The molecule has 0 aliphatic carbocycles. The van der Waals surface area contributed by atoms with Crippen LogP contribution in [0.4, 0.5) is 0 Å². The molecular formula is C22H31NO. The summed E-state index contributed by atoms with van der Waals surface area (Å²) in [5.41, 5.74) is 2.74. The van der Waals surface area contributed by atoms with E-state index < -0.39 is 0 Å². The smallest absolute Gasteiger partial charge is 0.0445 e. The van der Waals surface area contributed by atoms with Crippen molar-refractivity contribution in [1.29, 1.82) is 0 Å². The lowest BCUT2D eigenvalue weighted by atomic mass is 10.0. The van der Waals surface area contributed by atoms with Gasteiger partial charge < -0.3 is 5.11 Å². The summed E-state index contributed by atoms with van der Waals surface area (Å²) in [6, 6.07) is 21.8. The number of unbranched alkanes of at least 4 members (excludes halogenated alkanes) is 1. The average molecular weight is 325 g/mol. The number of rotatable bonds is 11. The fourth-order valence-corrected chi connectivity index (χ4v) is 3.22. The maximum atomic E-state index is 9.51. The quantitative estimate of drug-likeness (QED) is 0.649. The molecule has 0 spiro atoms. The van der Waals surface area contributed by atoms with Crippen molar-refractivity contribution in [3.8, 4) is 0 Å². The fourth-order valence-electron chi connectivity index (χ4n) is 3.22. The highest BCUT2D eigenvalue weighted by molar-refractivity contribution is 5.16. The zero-order valence-corrected chi connectivity index (χ0v) is 14.9. The molecular weight excluding hydrogens is 294 g/mol. The highest BCUT2D eigenvalue weighted by Crippen LogP contribution is 2.17. The Morgan fingerprint density at radius 3 is 2.08 bits per heavy atom. The molecule has 130 valence electrons. The molecule has 0 amide bonds. The summed E-state index contributed by atoms with van der Waals surface area (Å²) in [6.45, 7) is 4.50. The predicted octanol–water partition coefficient (Wildman–Crippen LogP) is 4.67. The van der Waals surface area contributed by atoms with E-state index in [4.69, 9.17) is 0 Å². The molecule has 2 rings (SSSR count). The van der Waals surface area contributed by atoms with Gasteiger partial charge in [-0.3, -0.25) is 4.90 Å². The molecule has 0 saturated heterocycles. The summed E-state index contributed by atoms with van der Waals surface area (Å²) in [6.07, 6.45) is 5.52. The molecule has 2 heteroatoms. The molecule has 0 aromatic heterocycles. The first-order chi connectivity index (χ1) is 11.8. The summed E-state index contributed by atoms with van der Waals surface area (Å²) in [4.78, 5) is 2.56. The molecule has 0 saturated carbocycles. The lowest BCUT2D eigenvalue weighted by Gasteiger charge is -2.32. The molecule has 0 heterocycles. The van der Waals surface area contributed by atoms with Crippen molar-refractivity contribution in [1.82, 2.24) is 4.90 Å². The number of hydrogen-bond acceptors (Lipinski definition) is 2. The zero-order valence-electron chi connectivity index (χ0n) is 14.9. The second kappa shape index (κ2) is 11.0. The lowest BCUT2D eigenvalue weighted by Crippen LogP contribution is -2.37. The number of aliphatic hydroxyl groups excluding tert-OH is 1. The molecule has 1 N–H and O–H groups in total. The van der Waals surface area contributed by atoms with Crippen LogP contribution >= 0.6 is 0 Å². The molecule has 2 nitrogen and oxygen atoms in total. The van der Waals surface area contributed by atoms with Crippen molar-refractivity contribution in [3.63, 3.8) is 0 Å². The van der Waals surface area contributed by atoms with Crippen LogP contribution < -0.4 is 0 Å². The van der Waals surface area contributed by atoms with E-state index in [1.54, 1.807) is 0 Å². The van der Waals surface area contributed by atoms with Crippen LogP contribution in [0, 0.1) is 0 Å². The van der Waals surface area contributed by atoms with E-state index >= 15 is 0 Å². The maximum Gasteiger partial charge on any atom is 0.0445 e. The largest absolute Gasteiger partial charge is 0.396 e. The molecule has 0 aliphatic rings. The van der Waals surface area contributed by atoms with Gasteiger partial charge in [0.25, 0.3) is 0 Å². The lowest BCUT2D eigenvalue weighted by molar-refractivity contribution is 0.141. The first-order valence-electron chi connectivity index (χ1n) is 9.26. The molecule has 0 unspecified atom stereocenters. The van der Waals surface area contributed by atoms with E-state index in [2.05, 4.69) is 72.5 Å². The van der Waals surface area contributed by atoms with Crippen LogP contribution in [0.5, 0.6) is 0 Å². The van der Waals surface area contributed by atoms with Crippen LogP contribution in [0.2, 0.25) is 0 Å². The maximum absolute atomic E-state index is 9.51. The molecule has 0 radical (unpaired) electrons. The van der Waals surface area contributed by atoms with E-state index in [0.29, 0.717) is 6.04 Å². The Bertz CT molecular complexity index is 540. The van der Waals surface area contributed by atoms with Crippen LogP contribution in [-0.2, 0) is 13.0 Å². The van der Waals surface area contributed by atoms with Crippen LogP contribution in [0.25, 0.3) is 0 Å². The van der Waals surface area contributed by atoms with Gasteiger partial charge in [0.2, 0.25) is 0 Å². The summed E-state index contributed by atoms with van der Waals surface area (Å²) >= 11 is 0. The number of benzene rings is 2. The standard InChI is InChI=1S/C22H31NO/c1-2-3-14-22(16-18-24)23(19-21-12-8-5-9-13-21)17-15-20-10-6-4-7-11-20/h4-13,22,24H,2-3,14-19H2,1H3/t22-/m0/s1. The SMILES string of the molecule is CCCC[C@@H](CCO)N(CCc1ccccc1)Cc1ccccc1. The number of nitrogens with zero attached hydrogens (tertiary/aromatic N) is 1. The van der Waals surface area contributed by atoms with Gasteiger partial charge in [-0.25, -0.2) is 0 Å². The van der Waals surface area contributed by atoms with Gasteiger partial charge >= 0.3 is 0 Å². The molecule has 2 aromatic rings. The Kier molecular flexibility index (Phi) is 8.58. The summed E-state index contributed by atoms with van der Waals surface area (Å²) < 4.78 is 0. The monoisotopic (exact) mass is 325 g/mol. The molecule has 1 atom stereocenters. The highest BCUT2D eigenvalue weighted by atomic mass is 16.3. The topological polar surface area (TPSA) is 23.5 Å². The van der Waals surface area contributed by atoms with Gasteiger partial charge in [-0.2, -0.15) is 0 Å². The van der Waals surface area contributed by atoms with Gasteiger partial charge in [-0.05, 0) is 30.4 Å². The van der Waals surface area contributed by atoms with Crippen LogP contribution in [0.15, 0.2) is 60.7 Å². The highest BCUT2D eigenvalue weighted by Gasteiger charge is 2.18. The zero-order chi connectivity index (χ0) is 17.0. The van der Waals surface area contributed by atoms with Crippen molar-refractivity contribution in [2.75, 3.05) is 13.2 Å². The molecule has 0 aliphatic heterocycles. The number of aliphatic hydroxyl groups is 1. The minimum Gasteiger partial charge on any atom is -0.396 e. The Balaban J connectivity index is 2.06. The third-order valence-corrected chi connectivity index (χ3v) is 4.63. The summed E-state index contributed by atoms with van der Waals surface area (Å²) in [7, 11) is 0. The van der Waals surface area contributed by atoms with E-state index in [1.807, 2.05) is 0 Å². The van der Waals surface area contributed by atoms with Gasteiger partial charge in [-0.1, -0.05) is 80.4 Å². The first kappa shape index (κ1) is 18.7. The molecule has 2 aromatic carbocycles. The second-order valence-electron chi connectivity index (χ2n) is 6.50. The Morgan fingerprint density at radius 2 is 1.50 bits per heavy atom. The summed E-state index contributed by atoms with van der Waals surface area (Å²) in [5, 5.41) is 9.51. The fraction of sp³-hybridized carbons (Fsp3) is 0.455. The van der Waals surface area contributed by atoms with Crippen LogP contribution in [-0.4, -0.2) is 29.2 Å². The van der Waals surface area contributed by atoms with Crippen molar-refractivity contribution in [2.24, 2.45) is 0 Å². The van der Waals surface area contributed by atoms with Crippen molar-refractivity contribution >= 4 is 0 Å². The van der Waals surface area contributed by atoms with E-state index in [9.17, 15) is 5.11 Å². The summed E-state index contributed by atoms with van der Waals surface area (Å²) in [5.74, 6) is 0. The van der Waals surface area contributed by atoms with Gasteiger partial charge in [0, 0.05) is 25.7 Å². The van der Waals surface area contributed by atoms with E-state index in [0.717, 1.165) is 25.9 Å². The van der Waals surface area contributed by atoms with Gasteiger partial charge in [0.05, 0.1) is 0 Å². The minimum atomic E-state index is 0.269. The van der Waals surface area contributed by atoms with Gasteiger partial charge in [0.15, 0.2) is 0 Å². The minimum absolute atomic E-state index is 0.269. The van der Waals surface area contributed by atoms with Gasteiger partial charge in [0.1, 0.15) is 0 Å². The van der Waals surface area contributed by atoms with E-state index in [-0.39, 0.29) is 6.61 Å². The average Bonchev–Trinajstić information content (AvgIpc) is 2.64. The predicted molar refractivity (Wildman–Crippen MR) is 102 cm³/mol. The molecule has 0 bridgehead atoms. The second-order valence-corrected chi connectivity index (χ2v) is 6.50.